The van der Waals surface area contributed by atoms with Crippen molar-refractivity contribution in [3.8, 4) is 0 Å². The zero-order valence-electron chi connectivity index (χ0n) is 9.55. The van der Waals surface area contributed by atoms with Crippen LogP contribution < -0.4 is 5.73 Å². The van der Waals surface area contributed by atoms with Gasteiger partial charge in [0.15, 0.2) is 0 Å². The molecule has 0 bridgehead atoms. The van der Waals surface area contributed by atoms with Crippen molar-refractivity contribution in [1.29, 1.82) is 0 Å². The molecule has 0 spiro atoms. The number of rotatable bonds is 4. The highest BCUT2D eigenvalue weighted by molar-refractivity contribution is 7.09. The molecule has 5 heteroatoms. The average Bonchev–Trinajstić information content (AvgIpc) is 2.70. The summed E-state index contributed by atoms with van der Waals surface area (Å²) in [6, 6.07) is 7.90. The fourth-order valence-electron chi connectivity index (χ4n) is 1.45. The van der Waals surface area contributed by atoms with E-state index in [0.29, 0.717) is 6.61 Å². The van der Waals surface area contributed by atoms with Gasteiger partial charge in [-0.2, -0.15) is 0 Å². The standard InChI is InChI=1S/C12H14N2OS.ClH/c1-15-7-11-8-16-12(14-11)6-9-2-4-10(13)5-3-9;/h2-5,8H,6-7,13H2,1H3;1H. The zero-order chi connectivity index (χ0) is 11.4. The summed E-state index contributed by atoms with van der Waals surface area (Å²) < 4.78 is 5.03. The van der Waals surface area contributed by atoms with Gasteiger partial charge in [0.2, 0.25) is 0 Å². The Labute approximate surface area is 111 Å². The number of hydrogen-bond acceptors (Lipinski definition) is 4. The third-order valence-corrected chi connectivity index (χ3v) is 3.12. The van der Waals surface area contributed by atoms with Gasteiger partial charge in [0.25, 0.3) is 0 Å². The largest absolute Gasteiger partial charge is 0.399 e. The molecule has 0 aliphatic rings. The van der Waals surface area contributed by atoms with Gasteiger partial charge in [-0.15, -0.1) is 23.7 Å². The highest BCUT2D eigenvalue weighted by Gasteiger charge is 2.02. The monoisotopic (exact) mass is 270 g/mol. The number of aromatic nitrogens is 1. The van der Waals surface area contributed by atoms with E-state index < -0.39 is 0 Å². The van der Waals surface area contributed by atoms with Crippen LogP contribution in [0, 0.1) is 0 Å². The second-order valence-electron chi connectivity index (χ2n) is 3.58. The van der Waals surface area contributed by atoms with Crippen LogP contribution in [-0.2, 0) is 17.8 Å². The Morgan fingerprint density at radius 1 is 1.29 bits per heavy atom. The predicted octanol–water partition coefficient (Wildman–Crippen LogP) is 2.88. The van der Waals surface area contributed by atoms with Gasteiger partial charge in [-0.1, -0.05) is 12.1 Å². The highest BCUT2D eigenvalue weighted by Crippen LogP contribution is 2.16. The Morgan fingerprint density at radius 2 is 2.00 bits per heavy atom. The maximum absolute atomic E-state index is 5.63. The van der Waals surface area contributed by atoms with Crippen molar-refractivity contribution in [2.45, 2.75) is 13.0 Å². The third kappa shape index (κ3) is 4.00. The van der Waals surface area contributed by atoms with Gasteiger partial charge in [-0.05, 0) is 17.7 Å². The lowest BCUT2D eigenvalue weighted by Crippen LogP contribution is -1.91. The van der Waals surface area contributed by atoms with Crippen molar-refractivity contribution < 1.29 is 4.74 Å². The van der Waals surface area contributed by atoms with E-state index in [1.54, 1.807) is 18.4 Å². The first kappa shape index (κ1) is 14.0. The molecule has 1 aromatic carbocycles. The maximum atomic E-state index is 5.63. The van der Waals surface area contributed by atoms with Crippen molar-refractivity contribution in [3.05, 3.63) is 45.9 Å². The molecule has 0 aliphatic carbocycles. The van der Waals surface area contributed by atoms with Crippen LogP contribution >= 0.6 is 23.7 Å². The summed E-state index contributed by atoms with van der Waals surface area (Å²) >= 11 is 1.67. The Hall–Kier alpha value is -1.10. The predicted molar refractivity (Wildman–Crippen MR) is 73.7 cm³/mol. The van der Waals surface area contributed by atoms with Gasteiger partial charge < -0.3 is 10.5 Å². The fraction of sp³-hybridized carbons (Fsp3) is 0.250. The number of hydrogen-bond donors (Lipinski definition) is 1. The average molecular weight is 271 g/mol. The van der Waals surface area contributed by atoms with Crippen molar-refractivity contribution in [2.75, 3.05) is 12.8 Å². The van der Waals surface area contributed by atoms with Crippen molar-refractivity contribution in [2.24, 2.45) is 0 Å². The van der Waals surface area contributed by atoms with Crippen LogP contribution in [0.2, 0.25) is 0 Å². The molecule has 2 aromatic rings. The maximum Gasteiger partial charge on any atom is 0.0973 e. The number of anilines is 1. The van der Waals surface area contributed by atoms with E-state index in [2.05, 4.69) is 4.98 Å². The molecule has 1 aromatic heterocycles. The number of halogens is 1. The van der Waals surface area contributed by atoms with Crippen molar-refractivity contribution in [3.63, 3.8) is 0 Å². The molecule has 0 fully saturated rings. The van der Waals surface area contributed by atoms with E-state index in [1.807, 2.05) is 29.6 Å². The van der Waals surface area contributed by atoms with Gasteiger partial charge in [-0.25, -0.2) is 4.98 Å². The van der Waals surface area contributed by atoms with Gasteiger partial charge >= 0.3 is 0 Å². The lowest BCUT2D eigenvalue weighted by molar-refractivity contribution is 0.182. The van der Waals surface area contributed by atoms with Crippen LogP contribution in [0.3, 0.4) is 0 Å². The van der Waals surface area contributed by atoms with Gasteiger partial charge in [0.1, 0.15) is 0 Å². The SMILES string of the molecule is COCc1csc(Cc2ccc(N)cc2)n1.Cl. The van der Waals surface area contributed by atoms with E-state index in [4.69, 9.17) is 10.5 Å². The van der Waals surface area contributed by atoms with E-state index in [-0.39, 0.29) is 12.4 Å². The van der Waals surface area contributed by atoms with Crippen LogP contribution in [0.25, 0.3) is 0 Å². The molecule has 1 heterocycles. The molecule has 2 rings (SSSR count). The Balaban J connectivity index is 0.00000144. The van der Waals surface area contributed by atoms with Crippen LogP contribution in [-0.4, -0.2) is 12.1 Å². The second-order valence-corrected chi connectivity index (χ2v) is 4.53. The number of nitrogens with zero attached hydrogens (tertiary/aromatic N) is 1. The molecule has 3 nitrogen and oxygen atoms in total. The van der Waals surface area contributed by atoms with Crippen LogP contribution in [0.15, 0.2) is 29.6 Å². The molecule has 92 valence electrons. The van der Waals surface area contributed by atoms with Crippen LogP contribution in [0.4, 0.5) is 5.69 Å². The number of thiazole rings is 1. The quantitative estimate of drug-likeness (QED) is 0.869. The molecule has 0 saturated carbocycles. The summed E-state index contributed by atoms with van der Waals surface area (Å²) in [5.74, 6) is 0. The van der Waals surface area contributed by atoms with E-state index >= 15 is 0 Å². The summed E-state index contributed by atoms with van der Waals surface area (Å²) in [6.45, 7) is 0.582. The number of methoxy groups -OCH3 is 1. The van der Waals surface area contributed by atoms with E-state index in [1.165, 1.54) is 5.56 Å². The van der Waals surface area contributed by atoms with E-state index in [0.717, 1.165) is 22.8 Å². The first-order valence-electron chi connectivity index (χ1n) is 5.04. The normalized spacial score (nSPS) is 9.94. The molecule has 0 atom stereocenters. The van der Waals surface area contributed by atoms with Crippen molar-refractivity contribution >= 4 is 29.4 Å². The summed E-state index contributed by atoms with van der Waals surface area (Å²) in [4.78, 5) is 4.48. The number of nitrogen functional groups attached to an aromatic ring is 1. The number of benzene rings is 1. The summed E-state index contributed by atoms with van der Waals surface area (Å²) in [6.07, 6.45) is 0.856. The summed E-state index contributed by atoms with van der Waals surface area (Å²) in [7, 11) is 1.68. The molecular formula is C12H15ClN2OS. The number of nitrogens with two attached hydrogens (primary N) is 1. The molecule has 0 saturated heterocycles. The minimum absolute atomic E-state index is 0. The summed E-state index contributed by atoms with van der Waals surface area (Å²) in [5, 5.41) is 3.15. The lowest BCUT2D eigenvalue weighted by Gasteiger charge is -1.98. The Bertz CT molecular complexity index is 456. The summed E-state index contributed by atoms with van der Waals surface area (Å²) in [5.41, 5.74) is 8.66. The second kappa shape index (κ2) is 6.59. The molecular weight excluding hydrogens is 256 g/mol. The highest BCUT2D eigenvalue weighted by atomic mass is 35.5. The number of ether oxygens (including phenoxy) is 1. The Kier molecular flexibility index (Phi) is 5.41. The van der Waals surface area contributed by atoms with Gasteiger partial charge in [0, 0.05) is 24.6 Å². The topological polar surface area (TPSA) is 48.1 Å². The van der Waals surface area contributed by atoms with E-state index in [9.17, 15) is 0 Å². The molecule has 0 unspecified atom stereocenters. The smallest absolute Gasteiger partial charge is 0.0973 e. The first-order valence-corrected chi connectivity index (χ1v) is 5.92. The first-order chi connectivity index (χ1) is 7.78. The van der Waals surface area contributed by atoms with Gasteiger partial charge in [-0.3, -0.25) is 0 Å². The van der Waals surface area contributed by atoms with Crippen LogP contribution in [0.1, 0.15) is 16.3 Å². The fourth-order valence-corrected chi connectivity index (χ4v) is 2.27. The minimum atomic E-state index is 0. The molecule has 17 heavy (non-hydrogen) atoms. The minimum Gasteiger partial charge on any atom is -0.399 e. The van der Waals surface area contributed by atoms with Crippen LogP contribution in [0.5, 0.6) is 0 Å². The lowest BCUT2D eigenvalue weighted by atomic mass is 10.1. The van der Waals surface area contributed by atoms with Crippen molar-refractivity contribution in [1.82, 2.24) is 4.98 Å². The zero-order valence-corrected chi connectivity index (χ0v) is 11.2. The molecule has 0 radical (unpaired) electrons. The Morgan fingerprint density at radius 3 is 2.65 bits per heavy atom. The molecule has 2 N–H and O–H groups in total. The molecule has 0 amide bonds. The third-order valence-electron chi connectivity index (χ3n) is 2.23. The van der Waals surface area contributed by atoms with Gasteiger partial charge in [0.05, 0.1) is 17.3 Å². The molecule has 0 aliphatic heterocycles.